The molecule has 0 bridgehead atoms. The molecule has 0 N–H and O–H groups in total. The lowest BCUT2D eigenvalue weighted by atomic mass is 10.0. The lowest BCUT2D eigenvalue weighted by Gasteiger charge is -2.18. The van der Waals surface area contributed by atoms with Crippen molar-refractivity contribution in [1.29, 1.82) is 0 Å². The van der Waals surface area contributed by atoms with Gasteiger partial charge >= 0.3 is 17.9 Å². The van der Waals surface area contributed by atoms with Crippen LogP contribution in [0.2, 0.25) is 0 Å². The highest BCUT2D eigenvalue weighted by atomic mass is 16.6. The molecule has 1 atom stereocenters. The fourth-order valence-electron chi connectivity index (χ4n) is 9.36. The number of carbonyl (C=O) groups excluding carboxylic acids is 3. The number of allylic oxidation sites excluding steroid dienone is 12. The number of unbranched alkanes of at least 4 members (excludes halogenated alkanes) is 36. The number of esters is 3. The van der Waals surface area contributed by atoms with Gasteiger partial charge in [0, 0.05) is 19.3 Å². The van der Waals surface area contributed by atoms with Crippen molar-refractivity contribution >= 4 is 17.9 Å². The highest BCUT2D eigenvalue weighted by Crippen LogP contribution is 2.17. The van der Waals surface area contributed by atoms with E-state index in [-0.39, 0.29) is 37.5 Å². The minimum absolute atomic E-state index is 0.0949. The first-order valence-electron chi connectivity index (χ1n) is 32.4. The number of ether oxygens (including phenoxy) is 3. The van der Waals surface area contributed by atoms with E-state index in [0.717, 1.165) is 77.0 Å². The number of hydrogen-bond donors (Lipinski definition) is 0. The van der Waals surface area contributed by atoms with E-state index in [1.165, 1.54) is 205 Å². The van der Waals surface area contributed by atoms with Crippen molar-refractivity contribution in [3.8, 4) is 0 Å². The van der Waals surface area contributed by atoms with Crippen LogP contribution in [-0.2, 0) is 28.6 Å². The highest BCUT2D eigenvalue weighted by Gasteiger charge is 2.19. The van der Waals surface area contributed by atoms with E-state index >= 15 is 0 Å². The van der Waals surface area contributed by atoms with Gasteiger partial charge in [0.25, 0.3) is 0 Å². The molecule has 75 heavy (non-hydrogen) atoms. The molecule has 0 fully saturated rings. The van der Waals surface area contributed by atoms with Crippen LogP contribution in [0.3, 0.4) is 0 Å². The Labute approximate surface area is 465 Å². The van der Waals surface area contributed by atoms with Crippen molar-refractivity contribution in [2.45, 2.75) is 335 Å². The average Bonchev–Trinajstić information content (AvgIpc) is 3.41. The minimum atomic E-state index is -0.801. The molecule has 0 rings (SSSR count). The average molecular weight is 1050 g/mol. The van der Waals surface area contributed by atoms with Gasteiger partial charge in [0.05, 0.1) is 0 Å². The largest absolute Gasteiger partial charge is 0.462 e. The number of rotatable bonds is 59. The zero-order valence-electron chi connectivity index (χ0n) is 49.8. The Hall–Kier alpha value is -3.15. The Bertz CT molecular complexity index is 1390. The molecule has 0 aliphatic heterocycles. The summed E-state index contributed by atoms with van der Waals surface area (Å²) in [4.78, 5) is 38.0. The molecule has 0 saturated carbocycles. The summed E-state index contributed by atoms with van der Waals surface area (Å²) in [6.45, 7) is 6.46. The maximum atomic E-state index is 12.8. The van der Waals surface area contributed by atoms with Gasteiger partial charge < -0.3 is 14.2 Å². The molecule has 0 aromatic heterocycles. The molecule has 0 amide bonds. The summed E-state index contributed by atoms with van der Waals surface area (Å²) in [6.07, 6.45) is 82.6. The first-order chi connectivity index (χ1) is 37.0. The second-order valence-electron chi connectivity index (χ2n) is 21.6. The summed E-state index contributed by atoms with van der Waals surface area (Å²) in [5, 5.41) is 0. The van der Waals surface area contributed by atoms with E-state index in [1.807, 2.05) is 0 Å². The molecule has 0 saturated heterocycles. The van der Waals surface area contributed by atoms with Crippen molar-refractivity contribution in [3.63, 3.8) is 0 Å². The standard InChI is InChI=1S/C69H122O6/c1-4-7-10-13-16-18-20-22-24-26-27-28-29-30-31-32-33-34-35-36-37-38-39-40-41-43-44-46-48-50-53-56-59-62-68(71)74-65-66(64-73-67(70)61-58-55-52-15-12-9-6-3)75-69(72)63-60-57-54-51-49-47-45-42-25-23-21-19-17-14-11-8-5-2/h8,11,17,19,23,25-27,45,47,51,54,66H,4-7,9-10,12-16,18,20-22,24,28-44,46,48-50,52-53,55-65H2,1-3H3/b11-8-,19-17-,25-23-,27-26-,47-45-,54-51-. The summed E-state index contributed by atoms with van der Waals surface area (Å²) >= 11 is 0. The van der Waals surface area contributed by atoms with Crippen LogP contribution in [0.5, 0.6) is 0 Å². The van der Waals surface area contributed by atoms with Crippen molar-refractivity contribution < 1.29 is 28.6 Å². The van der Waals surface area contributed by atoms with Gasteiger partial charge in [0.15, 0.2) is 6.10 Å². The van der Waals surface area contributed by atoms with E-state index < -0.39 is 6.10 Å². The normalized spacial score (nSPS) is 12.5. The number of hydrogen-bond acceptors (Lipinski definition) is 6. The molecule has 0 aliphatic rings. The van der Waals surface area contributed by atoms with Crippen molar-refractivity contribution in [2.75, 3.05) is 13.2 Å². The molecule has 0 spiro atoms. The number of carbonyl (C=O) groups is 3. The van der Waals surface area contributed by atoms with Gasteiger partial charge in [-0.2, -0.15) is 0 Å². The van der Waals surface area contributed by atoms with Gasteiger partial charge in [-0.1, -0.05) is 299 Å². The Morgan fingerprint density at radius 3 is 0.867 bits per heavy atom. The fraction of sp³-hybridized carbons (Fsp3) is 0.783. The maximum Gasteiger partial charge on any atom is 0.306 e. The van der Waals surface area contributed by atoms with Crippen LogP contribution in [0.1, 0.15) is 329 Å². The molecule has 1 unspecified atom stereocenters. The summed E-state index contributed by atoms with van der Waals surface area (Å²) in [5.74, 6) is -0.950. The Balaban J connectivity index is 4.02. The van der Waals surface area contributed by atoms with Gasteiger partial charge in [-0.05, 0) is 83.5 Å². The maximum absolute atomic E-state index is 12.8. The van der Waals surface area contributed by atoms with Crippen LogP contribution in [0.25, 0.3) is 0 Å². The Morgan fingerprint density at radius 1 is 0.280 bits per heavy atom. The molecule has 6 heteroatoms. The molecule has 0 radical (unpaired) electrons. The van der Waals surface area contributed by atoms with Crippen molar-refractivity contribution in [3.05, 3.63) is 72.9 Å². The Kier molecular flexibility index (Phi) is 60.7. The van der Waals surface area contributed by atoms with Crippen LogP contribution in [0.4, 0.5) is 0 Å². The van der Waals surface area contributed by atoms with Crippen molar-refractivity contribution in [2.24, 2.45) is 0 Å². The first kappa shape index (κ1) is 71.8. The molecule has 6 nitrogen and oxygen atoms in total. The predicted molar refractivity (Wildman–Crippen MR) is 325 cm³/mol. The lowest BCUT2D eigenvalue weighted by molar-refractivity contribution is -0.167. The van der Waals surface area contributed by atoms with Crippen LogP contribution >= 0.6 is 0 Å². The van der Waals surface area contributed by atoms with Gasteiger partial charge in [0.1, 0.15) is 13.2 Å². The van der Waals surface area contributed by atoms with E-state index in [1.54, 1.807) is 0 Å². The summed E-state index contributed by atoms with van der Waals surface area (Å²) in [7, 11) is 0. The molecule has 434 valence electrons. The van der Waals surface area contributed by atoms with Gasteiger partial charge in [-0.15, -0.1) is 0 Å². The molecule has 0 aromatic rings. The third-order valence-corrected chi connectivity index (χ3v) is 14.2. The third kappa shape index (κ3) is 61.6. The van der Waals surface area contributed by atoms with Gasteiger partial charge in [0.2, 0.25) is 0 Å². The van der Waals surface area contributed by atoms with Crippen LogP contribution in [-0.4, -0.2) is 37.2 Å². The molecular formula is C69H122O6. The topological polar surface area (TPSA) is 78.9 Å². The van der Waals surface area contributed by atoms with E-state index in [2.05, 4.69) is 93.7 Å². The molecule has 0 aliphatic carbocycles. The summed E-state index contributed by atoms with van der Waals surface area (Å²) in [5.41, 5.74) is 0. The SMILES string of the molecule is CC/C=C\C/C=C\C/C=C\C/C=C\C/C=C\CCCC(=O)OC(COC(=O)CCCCCCCCC)COC(=O)CCCCCCCCCCCCCCCCCCCCCCC/C=C\CCCCCCCCCC. The summed E-state index contributed by atoms with van der Waals surface area (Å²) < 4.78 is 16.8. The third-order valence-electron chi connectivity index (χ3n) is 14.2. The second kappa shape index (κ2) is 63.4. The van der Waals surface area contributed by atoms with Crippen LogP contribution in [0, 0.1) is 0 Å². The molecular weight excluding hydrogens is 925 g/mol. The van der Waals surface area contributed by atoms with Gasteiger partial charge in [-0.25, -0.2) is 0 Å². The monoisotopic (exact) mass is 1050 g/mol. The van der Waals surface area contributed by atoms with Crippen LogP contribution < -0.4 is 0 Å². The van der Waals surface area contributed by atoms with E-state index in [0.29, 0.717) is 19.3 Å². The highest BCUT2D eigenvalue weighted by molar-refractivity contribution is 5.71. The zero-order valence-corrected chi connectivity index (χ0v) is 49.8. The minimum Gasteiger partial charge on any atom is -0.462 e. The molecule has 0 aromatic carbocycles. The van der Waals surface area contributed by atoms with Crippen LogP contribution in [0.15, 0.2) is 72.9 Å². The van der Waals surface area contributed by atoms with Gasteiger partial charge in [-0.3, -0.25) is 14.4 Å². The zero-order chi connectivity index (χ0) is 54.3. The van der Waals surface area contributed by atoms with E-state index in [4.69, 9.17) is 14.2 Å². The quantitative estimate of drug-likeness (QED) is 0.0261. The summed E-state index contributed by atoms with van der Waals surface area (Å²) in [6, 6.07) is 0. The van der Waals surface area contributed by atoms with E-state index in [9.17, 15) is 14.4 Å². The first-order valence-corrected chi connectivity index (χ1v) is 32.4. The lowest BCUT2D eigenvalue weighted by Crippen LogP contribution is -2.30. The second-order valence-corrected chi connectivity index (χ2v) is 21.6. The molecule has 0 heterocycles. The van der Waals surface area contributed by atoms with Crippen molar-refractivity contribution in [1.82, 2.24) is 0 Å². The Morgan fingerprint density at radius 2 is 0.533 bits per heavy atom. The smallest absolute Gasteiger partial charge is 0.306 e. The predicted octanol–water partition coefficient (Wildman–Crippen LogP) is 22.1. The fourth-order valence-corrected chi connectivity index (χ4v) is 9.36.